The van der Waals surface area contributed by atoms with Gasteiger partial charge < -0.3 is 9.84 Å². The molecule has 0 bridgehead atoms. The molecule has 0 radical (unpaired) electrons. The van der Waals surface area contributed by atoms with Crippen molar-refractivity contribution in [2.75, 3.05) is 32.9 Å². The van der Waals surface area contributed by atoms with E-state index in [9.17, 15) is 5.11 Å². The van der Waals surface area contributed by atoms with Crippen LogP contribution in [0.2, 0.25) is 5.02 Å². The van der Waals surface area contributed by atoms with Gasteiger partial charge in [-0.25, -0.2) is 0 Å². The second-order valence-corrected chi connectivity index (χ2v) is 6.97. The molecule has 21 heavy (non-hydrogen) atoms. The van der Waals surface area contributed by atoms with Crippen molar-refractivity contribution in [1.82, 2.24) is 4.90 Å². The van der Waals surface area contributed by atoms with Crippen LogP contribution >= 0.6 is 11.6 Å². The number of hydrogen-bond donors (Lipinski definition) is 1. The fraction of sp³-hybridized carbons (Fsp3) is 0.647. The van der Waals surface area contributed by atoms with E-state index in [-0.39, 0.29) is 12.0 Å². The van der Waals surface area contributed by atoms with Crippen LogP contribution in [0.3, 0.4) is 0 Å². The number of ether oxygens (including phenoxy) is 1. The zero-order valence-electron chi connectivity index (χ0n) is 12.4. The van der Waals surface area contributed by atoms with Gasteiger partial charge in [0, 0.05) is 17.6 Å². The number of hydrogen-bond acceptors (Lipinski definition) is 3. The molecule has 0 saturated carbocycles. The fourth-order valence-corrected chi connectivity index (χ4v) is 3.60. The predicted molar refractivity (Wildman–Crippen MR) is 84.6 cm³/mol. The van der Waals surface area contributed by atoms with E-state index < -0.39 is 0 Å². The fourth-order valence-electron chi connectivity index (χ4n) is 3.47. The molecule has 3 rings (SSSR count). The molecule has 1 unspecified atom stereocenters. The van der Waals surface area contributed by atoms with Crippen LogP contribution in [0.4, 0.5) is 0 Å². The van der Waals surface area contributed by atoms with E-state index in [1.807, 2.05) is 12.1 Å². The average molecular weight is 310 g/mol. The highest BCUT2D eigenvalue weighted by molar-refractivity contribution is 6.30. The second-order valence-electron chi connectivity index (χ2n) is 6.54. The summed E-state index contributed by atoms with van der Waals surface area (Å²) in [5, 5.41) is 10.5. The van der Waals surface area contributed by atoms with Crippen molar-refractivity contribution in [3.05, 3.63) is 34.9 Å². The molecule has 1 aromatic rings. The molecule has 0 aliphatic carbocycles. The van der Waals surface area contributed by atoms with Crippen LogP contribution in [0.25, 0.3) is 0 Å². The third-order valence-electron chi connectivity index (χ3n) is 4.81. The Balaban J connectivity index is 1.78. The van der Waals surface area contributed by atoms with E-state index in [0.29, 0.717) is 19.3 Å². The Hall–Kier alpha value is -0.610. The molecule has 1 N–H and O–H groups in total. The summed E-state index contributed by atoms with van der Waals surface area (Å²) in [5.41, 5.74) is 1.30. The van der Waals surface area contributed by atoms with E-state index in [4.69, 9.17) is 16.3 Å². The number of aliphatic hydroxyl groups is 1. The molecular formula is C17H24ClNO2. The van der Waals surface area contributed by atoms with Crippen molar-refractivity contribution < 1.29 is 9.84 Å². The average Bonchev–Trinajstić information content (AvgIpc) is 2.69. The summed E-state index contributed by atoms with van der Waals surface area (Å²) in [7, 11) is 0. The first-order chi connectivity index (χ1) is 10.2. The highest BCUT2D eigenvalue weighted by Crippen LogP contribution is 2.36. The summed E-state index contributed by atoms with van der Waals surface area (Å²) < 4.78 is 5.35. The monoisotopic (exact) mass is 309 g/mol. The van der Waals surface area contributed by atoms with Crippen molar-refractivity contribution in [3.63, 3.8) is 0 Å². The first-order valence-electron chi connectivity index (χ1n) is 7.91. The quantitative estimate of drug-likeness (QED) is 0.926. The van der Waals surface area contributed by atoms with E-state index in [2.05, 4.69) is 17.0 Å². The molecule has 0 amide bonds. The zero-order valence-corrected chi connectivity index (χ0v) is 13.2. The van der Waals surface area contributed by atoms with Gasteiger partial charge in [0.15, 0.2) is 0 Å². The summed E-state index contributed by atoms with van der Waals surface area (Å²) >= 11 is 6.02. The maximum Gasteiger partial charge on any atom is 0.0579 e. The lowest BCUT2D eigenvalue weighted by molar-refractivity contribution is -0.151. The third kappa shape index (κ3) is 3.42. The van der Waals surface area contributed by atoms with Gasteiger partial charge in [0.2, 0.25) is 0 Å². The molecule has 0 aromatic heterocycles. The lowest BCUT2D eigenvalue weighted by Crippen LogP contribution is -2.53. The Morgan fingerprint density at radius 1 is 1.19 bits per heavy atom. The minimum Gasteiger partial charge on any atom is -0.396 e. The van der Waals surface area contributed by atoms with Crippen LogP contribution in [-0.4, -0.2) is 42.9 Å². The lowest BCUT2D eigenvalue weighted by Gasteiger charge is -2.45. The van der Waals surface area contributed by atoms with E-state index in [0.717, 1.165) is 18.1 Å². The maximum atomic E-state index is 9.71. The topological polar surface area (TPSA) is 32.7 Å². The predicted octanol–water partition coefficient (Wildman–Crippen LogP) is 3.27. The highest BCUT2D eigenvalue weighted by Gasteiger charge is 2.41. The van der Waals surface area contributed by atoms with Crippen LogP contribution in [0.1, 0.15) is 37.3 Å². The van der Waals surface area contributed by atoms with Gasteiger partial charge in [0.05, 0.1) is 25.2 Å². The molecule has 1 atom stereocenters. The van der Waals surface area contributed by atoms with Crippen LogP contribution < -0.4 is 0 Å². The molecular weight excluding hydrogens is 286 g/mol. The van der Waals surface area contributed by atoms with Gasteiger partial charge in [-0.1, -0.05) is 36.6 Å². The summed E-state index contributed by atoms with van der Waals surface area (Å²) in [4.78, 5) is 2.55. The second kappa shape index (κ2) is 6.66. The molecule has 0 spiro atoms. The van der Waals surface area contributed by atoms with Crippen LogP contribution in [0.5, 0.6) is 0 Å². The number of likely N-dealkylation sites (tertiary alicyclic amines) is 1. The van der Waals surface area contributed by atoms with Crippen LogP contribution in [0.15, 0.2) is 24.3 Å². The van der Waals surface area contributed by atoms with Crippen molar-refractivity contribution in [2.45, 2.75) is 31.7 Å². The van der Waals surface area contributed by atoms with E-state index >= 15 is 0 Å². The summed E-state index contributed by atoms with van der Waals surface area (Å²) in [6.45, 7) is 3.63. The van der Waals surface area contributed by atoms with Crippen LogP contribution in [0, 0.1) is 5.41 Å². The number of benzene rings is 1. The summed E-state index contributed by atoms with van der Waals surface area (Å²) in [6.07, 6.45) is 4.99. The minimum atomic E-state index is -0.0466. The van der Waals surface area contributed by atoms with Gasteiger partial charge in [-0.2, -0.15) is 0 Å². The van der Waals surface area contributed by atoms with Gasteiger partial charge >= 0.3 is 0 Å². The van der Waals surface area contributed by atoms with Crippen molar-refractivity contribution in [1.29, 1.82) is 0 Å². The molecule has 2 saturated heterocycles. The third-order valence-corrected chi connectivity index (χ3v) is 5.06. The first-order valence-corrected chi connectivity index (χ1v) is 8.28. The summed E-state index contributed by atoms with van der Waals surface area (Å²) in [6, 6.07) is 8.69. The molecule has 3 nitrogen and oxygen atoms in total. The number of nitrogens with zero attached hydrogens (tertiary/aromatic N) is 1. The van der Waals surface area contributed by atoms with E-state index in [1.54, 1.807) is 0 Å². The standard InChI is InChI=1S/C17H24ClNO2/c18-15-7-5-14(6-8-15)16-4-2-1-3-9-19(16)10-17(11-20)12-21-13-17/h5-8,16,20H,1-4,9-13H2. The normalized spacial score (nSPS) is 26.1. The van der Waals surface area contributed by atoms with E-state index in [1.165, 1.54) is 31.2 Å². The summed E-state index contributed by atoms with van der Waals surface area (Å²) in [5.74, 6) is 0. The van der Waals surface area contributed by atoms with Crippen molar-refractivity contribution in [3.8, 4) is 0 Å². The Labute approximate surface area is 131 Å². The van der Waals surface area contributed by atoms with Gasteiger partial charge in [-0.05, 0) is 37.1 Å². The van der Waals surface area contributed by atoms with Crippen LogP contribution in [-0.2, 0) is 4.74 Å². The van der Waals surface area contributed by atoms with Crippen molar-refractivity contribution in [2.24, 2.45) is 5.41 Å². The number of aliphatic hydroxyl groups excluding tert-OH is 1. The Morgan fingerprint density at radius 3 is 2.57 bits per heavy atom. The first kappa shape index (κ1) is 15.3. The zero-order chi connectivity index (χ0) is 14.7. The molecule has 116 valence electrons. The minimum absolute atomic E-state index is 0.0466. The highest BCUT2D eigenvalue weighted by atomic mass is 35.5. The Bertz CT molecular complexity index is 453. The number of halogens is 1. The molecule has 2 heterocycles. The van der Waals surface area contributed by atoms with Gasteiger partial charge in [-0.3, -0.25) is 4.90 Å². The van der Waals surface area contributed by atoms with Gasteiger partial charge in [0.1, 0.15) is 0 Å². The Kier molecular flexibility index (Phi) is 4.85. The largest absolute Gasteiger partial charge is 0.396 e. The van der Waals surface area contributed by atoms with Gasteiger partial charge in [0.25, 0.3) is 0 Å². The molecule has 2 aliphatic heterocycles. The molecule has 2 fully saturated rings. The maximum absolute atomic E-state index is 9.71. The van der Waals surface area contributed by atoms with Gasteiger partial charge in [-0.15, -0.1) is 0 Å². The Morgan fingerprint density at radius 2 is 1.95 bits per heavy atom. The molecule has 2 aliphatic rings. The smallest absolute Gasteiger partial charge is 0.0579 e. The number of rotatable bonds is 4. The molecule has 1 aromatic carbocycles. The lowest BCUT2D eigenvalue weighted by atomic mass is 9.85. The SMILES string of the molecule is OCC1(CN2CCCCCC2c2ccc(Cl)cc2)COC1. The van der Waals surface area contributed by atoms with Crippen molar-refractivity contribution >= 4 is 11.6 Å². The molecule has 4 heteroatoms.